The zero-order chi connectivity index (χ0) is 14.3. The molecule has 1 aromatic rings. The summed E-state index contributed by atoms with van der Waals surface area (Å²) in [5.41, 5.74) is -0.0187. The Bertz CT molecular complexity index is 394. The topological polar surface area (TPSA) is 64.4 Å². The number of nitrogens with one attached hydrogen (secondary N) is 1. The largest absolute Gasteiger partial charge is 0.466 e. The number of esters is 1. The maximum Gasteiger partial charge on any atom is 0.305 e. The number of hydrogen-bond acceptors (Lipinski definition) is 5. The molecule has 108 valence electrons. The van der Waals surface area contributed by atoms with Gasteiger partial charge in [0.2, 0.25) is 5.89 Å². The standard InChI is InChI=1S/C14H24N2O3/c1-5-18-13(17)7-6-8-15-10-12-16-9-11(19-12)14(2,3)4/h9,15H,5-8,10H2,1-4H3. The Morgan fingerprint density at radius 1 is 1.47 bits per heavy atom. The van der Waals surface area contributed by atoms with Crippen molar-refractivity contribution in [3.8, 4) is 0 Å². The number of oxazole rings is 1. The summed E-state index contributed by atoms with van der Waals surface area (Å²) in [7, 11) is 0. The van der Waals surface area contributed by atoms with E-state index in [-0.39, 0.29) is 11.4 Å². The summed E-state index contributed by atoms with van der Waals surface area (Å²) >= 11 is 0. The first-order valence-electron chi connectivity index (χ1n) is 6.75. The molecule has 1 rings (SSSR count). The predicted octanol–water partition coefficient (Wildman–Crippen LogP) is 2.41. The summed E-state index contributed by atoms with van der Waals surface area (Å²) < 4.78 is 10.5. The van der Waals surface area contributed by atoms with Gasteiger partial charge in [-0.25, -0.2) is 4.98 Å². The highest BCUT2D eigenvalue weighted by Gasteiger charge is 2.18. The van der Waals surface area contributed by atoms with Crippen molar-refractivity contribution in [1.82, 2.24) is 10.3 Å². The highest BCUT2D eigenvalue weighted by Crippen LogP contribution is 2.22. The summed E-state index contributed by atoms with van der Waals surface area (Å²) in [6.45, 7) is 9.84. The average Bonchev–Trinajstić information content (AvgIpc) is 2.77. The van der Waals surface area contributed by atoms with Gasteiger partial charge in [0.1, 0.15) is 5.76 Å². The lowest BCUT2D eigenvalue weighted by molar-refractivity contribution is -0.143. The summed E-state index contributed by atoms with van der Waals surface area (Å²) in [5.74, 6) is 1.42. The van der Waals surface area contributed by atoms with Gasteiger partial charge in [0, 0.05) is 11.8 Å². The van der Waals surface area contributed by atoms with Crippen LogP contribution in [0.25, 0.3) is 0 Å². The molecule has 0 aliphatic heterocycles. The SMILES string of the molecule is CCOC(=O)CCCNCc1ncc(C(C)(C)C)o1. The molecule has 5 heteroatoms. The maximum absolute atomic E-state index is 11.1. The van der Waals surface area contributed by atoms with E-state index in [4.69, 9.17) is 9.15 Å². The van der Waals surface area contributed by atoms with E-state index in [1.54, 1.807) is 6.20 Å². The second-order valence-corrected chi connectivity index (χ2v) is 5.45. The van der Waals surface area contributed by atoms with E-state index in [1.807, 2.05) is 6.92 Å². The Labute approximate surface area is 114 Å². The monoisotopic (exact) mass is 268 g/mol. The fraction of sp³-hybridized carbons (Fsp3) is 0.714. The van der Waals surface area contributed by atoms with Crippen LogP contribution < -0.4 is 5.32 Å². The van der Waals surface area contributed by atoms with E-state index in [2.05, 4.69) is 31.1 Å². The number of carbonyl (C=O) groups is 1. The van der Waals surface area contributed by atoms with Gasteiger partial charge in [-0.1, -0.05) is 20.8 Å². The number of hydrogen-bond donors (Lipinski definition) is 1. The van der Waals surface area contributed by atoms with Gasteiger partial charge < -0.3 is 14.5 Å². The molecule has 1 aromatic heterocycles. The lowest BCUT2D eigenvalue weighted by Crippen LogP contribution is -2.16. The van der Waals surface area contributed by atoms with Crippen molar-refractivity contribution in [3.63, 3.8) is 0 Å². The average molecular weight is 268 g/mol. The van der Waals surface area contributed by atoms with Crippen LogP contribution >= 0.6 is 0 Å². The fourth-order valence-electron chi connectivity index (χ4n) is 1.52. The maximum atomic E-state index is 11.1. The zero-order valence-electron chi connectivity index (χ0n) is 12.3. The van der Waals surface area contributed by atoms with Crippen molar-refractivity contribution < 1.29 is 13.9 Å². The molecular formula is C14H24N2O3. The highest BCUT2D eigenvalue weighted by atomic mass is 16.5. The molecule has 0 spiro atoms. The van der Waals surface area contributed by atoms with E-state index in [0.717, 1.165) is 18.7 Å². The van der Waals surface area contributed by atoms with Crippen molar-refractivity contribution in [2.45, 2.75) is 52.5 Å². The van der Waals surface area contributed by atoms with E-state index >= 15 is 0 Å². The molecule has 0 saturated heterocycles. The van der Waals surface area contributed by atoms with Crippen LogP contribution in [0, 0.1) is 0 Å². The second kappa shape index (κ2) is 7.28. The van der Waals surface area contributed by atoms with Gasteiger partial charge in [0.25, 0.3) is 0 Å². The van der Waals surface area contributed by atoms with Crippen LogP contribution in [0.2, 0.25) is 0 Å². The van der Waals surface area contributed by atoms with Crippen molar-refractivity contribution in [2.24, 2.45) is 0 Å². The van der Waals surface area contributed by atoms with Crippen molar-refractivity contribution in [2.75, 3.05) is 13.2 Å². The first-order chi connectivity index (χ1) is 8.93. The Morgan fingerprint density at radius 3 is 2.79 bits per heavy atom. The molecule has 19 heavy (non-hydrogen) atoms. The van der Waals surface area contributed by atoms with Gasteiger partial charge in [-0.3, -0.25) is 4.79 Å². The number of nitrogens with zero attached hydrogens (tertiary/aromatic N) is 1. The number of aromatic nitrogens is 1. The molecule has 0 aliphatic rings. The van der Waals surface area contributed by atoms with Gasteiger partial charge in [0.15, 0.2) is 0 Å². The summed E-state index contributed by atoms with van der Waals surface area (Å²) in [4.78, 5) is 15.3. The zero-order valence-corrected chi connectivity index (χ0v) is 12.3. The molecule has 0 radical (unpaired) electrons. The molecule has 5 nitrogen and oxygen atoms in total. The molecule has 1 heterocycles. The molecular weight excluding hydrogens is 244 g/mol. The predicted molar refractivity (Wildman–Crippen MR) is 72.8 cm³/mol. The minimum atomic E-state index is -0.143. The molecule has 0 amide bonds. The molecule has 0 bridgehead atoms. The Morgan fingerprint density at radius 2 is 2.21 bits per heavy atom. The summed E-state index contributed by atoms with van der Waals surface area (Å²) in [6, 6.07) is 0. The Hall–Kier alpha value is -1.36. The van der Waals surface area contributed by atoms with E-state index < -0.39 is 0 Å². The normalized spacial score (nSPS) is 11.6. The lowest BCUT2D eigenvalue weighted by atomic mass is 9.94. The van der Waals surface area contributed by atoms with Crippen LogP contribution in [0.4, 0.5) is 0 Å². The highest BCUT2D eigenvalue weighted by molar-refractivity contribution is 5.69. The molecule has 0 aliphatic carbocycles. The number of carbonyl (C=O) groups excluding carboxylic acids is 1. The Kier molecular flexibility index (Phi) is 6.02. The van der Waals surface area contributed by atoms with Gasteiger partial charge in [0.05, 0.1) is 19.3 Å². The molecule has 0 atom stereocenters. The quantitative estimate of drug-likeness (QED) is 0.607. The van der Waals surface area contributed by atoms with Crippen LogP contribution in [0.3, 0.4) is 0 Å². The Balaban J connectivity index is 2.20. The van der Waals surface area contributed by atoms with Gasteiger partial charge >= 0.3 is 5.97 Å². The van der Waals surface area contributed by atoms with Crippen LogP contribution in [-0.4, -0.2) is 24.1 Å². The van der Waals surface area contributed by atoms with Crippen LogP contribution in [0.5, 0.6) is 0 Å². The third-order valence-electron chi connectivity index (χ3n) is 2.61. The van der Waals surface area contributed by atoms with Gasteiger partial charge in [-0.15, -0.1) is 0 Å². The molecule has 1 N–H and O–H groups in total. The third kappa shape index (κ3) is 5.87. The lowest BCUT2D eigenvalue weighted by Gasteiger charge is -2.13. The van der Waals surface area contributed by atoms with Crippen molar-refractivity contribution >= 4 is 5.97 Å². The molecule has 0 unspecified atom stereocenters. The number of rotatable bonds is 7. The van der Waals surface area contributed by atoms with E-state index in [1.165, 1.54) is 0 Å². The van der Waals surface area contributed by atoms with E-state index in [0.29, 0.717) is 25.5 Å². The van der Waals surface area contributed by atoms with Crippen molar-refractivity contribution in [3.05, 3.63) is 17.8 Å². The first kappa shape index (κ1) is 15.7. The van der Waals surface area contributed by atoms with Crippen LogP contribution in [0.1, 0.15) is 52.2 Å². The molecule has 0 saturated carbocycles. The second-order valence-electron chi connectivity index (χ2n) is 5.45. The van der Waals surface area contributed by atoms with Gasteiger partial charge in [-0.05, 0) is 19.9 Å². The van der Waals surface area contributed by atoms with Crippen LogP contribution in [0.15, 0.2) is 10.6 Å². The van der Waals surface area contributed by atoms with Crippen molar-refractivity contribution in [1.29, 1.82) is 0 Å². The molecule has 0 aromatic carbocycles. The fourth-order valence-corrected chi connectivity index (χ4v) is 1.52. The smallest absolute Gasteiger partial charge is 0.305 e. The summed E-state index contributed by atoms with van der Waals surface area (Å²) in [5, 5.41) is 3.20. The minimum absolute atomic E-state index is 0.0187. The minimum Gasteiger partial charge on any atom is -0.466 e. The first-order valence-corrected chi connectivity index (χ1v) is 6.75. The third-order valence-corrected chi connectivity index (χ3v) is 2.61. The van der Waals surface area contributed by atoms with Gasteiger partial charge in [-0.2, -0.15) is 0 Å². The molecule has 0 fully saturated rings. The van der Waals surface area contributed by atoms with E-state index in [9.17, 15) is 4.79 Å². The van der Waals surface area contributed by atoms with Crippen LogP contribution in [-0.2, 0) is 21.5 Å². The summed E-state index contributed by atoms with van der Waals surface area (Å²) in [6.07, 6.45) is 2.97. The number of ether oxygens (including phenoxy) is 1.